The van der Waals surface area contributed by atoms with Gasteiger partial charge >= 0.3 is 0 Å². The Kier molecular flexibility index (Phi) is 3.97. The molecule has 0 atom stereocenters. The number of benzene rings is 1. The lowest BCUT2D eigenvalue weighted by molar-refractivity contribution is 0.211. The molecular formula is C18H18N2O2. The molecule has 1 saturated carbocycles. The van der Waals surface area contributed by atoms with Crippen LogP contribution in [0.25, 0.3) is 11.1 Å². The van der Waals surface area contributed by atoms with Gasteiger partial charge in [0.05, 0.1) is 6.10 Å². The van der Waals surface area contributed by atoms with E-state index in [1.165, 1.54) is 12.8 Å². The first-order valence-corrected chi connectivity index (χ1v) is 7.59. The second kappa shape index (κ2) is 6.07. The summed E-state index contributed by atoms with van der Waals surface area (Å²) in [5.41, 5.74) is 1.95. The molecule has 0 aliphatic heterocycles. The number of nitrogens with zero attached hydrogens (tertiary/aromatic N) is 1. The van der Waals surface area contributed by atoms with E-state index >= 15 is 0 Å². The van der Waals surface area contributed by atoms with Crippen LogP contribution in [0.4, 0.5) is 0 Å². The van der Waals surface area contributed by atoms with Gasteiger partial charge in [0.15, 0.2) is 0 Å². The van der Waals surface area contributed by atoms with Crippen molar-refractivity contribution in [1.82, 2.24) is 4.98 Å². The number of para-hydroxylation sites is 1. The second-order valence-electron chi connectivity index (χ2n) is 5.70. The third kappa shape index (κ3) is 2.75. The number of rotatable bonds is 3. The van der Waals surface area contributed by atoms with Crippen molar-refractivity contribution in [3.05, 3.63) is 51.9 Å². The Balaban J connectivity index is 2.09. The lowest BCUT2D eigenvalue weighted by Gasteiger charge is -2.17. The topological polar surface area (TPSA) is 65.9 Å². The Labute approximate surface area is 129 Å². The second-order valence-corrected chi connectivity index (χ2v) is 5.70. The lowest BCUT2D eigenvalue weighted by atomic mass is 10.00. The molecule has 0 amide bonds. The normalized spacial score (nSPS) is 14.7. The van der Waals surface area contributed by atoms with E-state index in [0.29, 0.717) is 5.56 Å². The third-order valence-electron chi connectivity index (χ3n) is 4.05. The highest BCUT2D eigenvalue weighted by Crippen LogP contribution is 2.34. The van der Waals surface area contributed by atoms with Gasteiger partial charge in [0, 0.05) is 16.8 Å². The van der Waals surface area contributed by atoms with Gasteiger partial charge in [0.2, 0.25) is 0 Å². The fourth-order valence-corrected chi connectivity index (χ4v) is 2.99. The van der Waals surface area contributed by atoms with Crippen LogP contribution in [0, 0.1) is 18.3 Å². The van der Waals surface area contributed by atoms with Crippen molar-refractivity contribution in [2.24, 2.45) is 0 Å². The van der Waals surface area contributed by atoms with Crippen molar-refractivity contribution in [2.45, 2.75) is 38.7 Å². The van der Waals surface area contributed by atoms with Crippen molar-refractivity contribution < 1.29 is 4.74 Å². The zero-order valence-corrected chi connectivity index (χ0v) is 12.6. The molecule has 1 aromatic carbocycles. The minimum atomic E-state index is -0.354. The average molecular weight is 294 g/mol. The molecule has 1 heterocycles. The highest BCUT2D eigenvalue weighted by Gasteiger charge is 2.20. The van der Waals surface area contributed by atoms with Gasteiger partial charge in [-0.25, -0.2) is 0 Å². The number of aromatic nitrogens is 1. The van der Waals surface area contributed by atoms with Crippen LogP contribution in [0.5, 0.6) is 5.75 Å². The smallest absolute Gasteiger partial charge is 0.266 e. The minimum absolute atomic E-state index is 0.132. The molecule has 4 heteroatoms. The zero-order valence-electron chi connectivity index (χ0n) is 12.6. The van der Waals surface area contributed by atoms with E-state index in [2.05, 4.69) is 4.98 Å². The Bertz CT molecular complexity index is 780. The molecule has 1 aliphatic rings. The number of hydrogen-bond donors (Lipinski definition) is 1. The summed E-state index contributed by atoms with van der Waals surface area (Å²) in [6.45, 7) is 1.81. The molecule has 3 rings (SSSR count). The molecule has 0 spiro atoms. The molecule has 0 bridgehead atoms. The van der Waals surface area contributed by atoms with Crippen LogP contribution in [-0.2, 0) is 0 Å². The van der Waals surface area contributed by atoms with Crippen molar-refractivity contribution in [2.75, 3.05) is 0 Å². The summed E-state index contributed by atoms with van der Waals surface area (Å²) in [6, 6.07) is 11.5. The van der Waals surface area contributed by atoms with E-state index in [-0.39, 0.29) is 17.2 Å². The van der Waals surface area contributed by atoms with Crippen molar-refractivity contribution in [1.29, 1.82) is 5.26 Å². The van der Waals surface area contributed by atoms with Crippen LogP contribution in [-0.4, -0.2) is 11.1 Å². The predicted octanol–water partition coefficient (Wildman–Crippen LogP) is 3.54. The predicted molar refractivity (Wildman–Crippen MR) is 84.8 cm³/mol. The fourth-order valence-electron chi connectivity index (χ4n) is 2.99. The standard InChI is InChI=1S/C18H18N2O2/c1-12-10-15(16(11-19)18(21)20-12)14-8-4-5-9-17(14)22-13-6-2-3-7-13/h4-5,8-10,13H,2-3,6-7H2,1H3,(H,20,21). The maximum Gasteiger partial charge on any atom is 0.266 e. The van der Waals surface area contributed by atoms with E-state index in [9.17, 15) is 10.1 Å². The van der Waals surface area contributed by atoms with Crippen molar-refractivity contribution in [3.63, 3.8) is 0 Å². The maximum atomic E-state index is 12.0. The highest BCUT2D eigenvalue weighted by molar-refractivity contribution is 5.75. The molecule has 0 radical (unpaired) electrons. The summed E-state index contributed by atoms with van der Waals surface area (Å²) < 4.78 is 6.12. The number of aromatic amines is 1. The summed E-state index contributed by atoms with van der Waals surface area (Å²) in [6.07, 6.45) is 4.75. The lowest BCUT2D eigenvalue weighted by Crippen LogP contribution is -2.14. The third-order valence-corrected chi connectivity index (χ3v) is 4.05. The van der Waals surface area contributed by atoms with Crippen LogP contribution in [0.2, 0.25) is 0 Å². The molecule has 4 nitrogen and oxygen atoms in total. The summed E-state index contributed by atoms with van der Waals surface area (Å²) in [4.78, 5) is 14.7. The van der Waals surface area contributed by atoms with E-state index in [1.54, 1.807) is 0 Å². The van der Waals surface area contributed by atoms with Gasteiger partial charge in [-0.2, -0.15) is 5.26 Å². The number of aryl methyl sites for hydroxylation is 1. The molecule has 0 unspecified atom stereocenters. The molecule has 1 fully saturated rings. The first kappa shape index (κ1) is 14.4. The number of ether oxygens (including phenoxy) is 1. The minimum Gasteiger partial charge on any atom is -0.490 e. The molecule has 1 aliphatic carbocycles. The molecular weight excluding hydrogens is 276 g/mol. The van der Waals surface area contributed by atoms with E-state index in [0.717, 1.165) is 29.8 Å². The van der Waals surface area contributed by atoms with E-state index < -0.39 is 0 Å². The molecule has 112 valence electrons. The van der Waals surface area contributed by atoms with Crippen LogP contribution >= 0.6 is 0 Å². The molecule has 0 saturated heterocycles. The molecule has 2 aromatic rings. The Hall–Kier alpha value is -2.54. The van der Waals surface area contributed by atoms with Crippen LogP contribution < -0.4 is 10.3 Å². The highest BCUT2D eigenvalue weighted by atomic mass is 16.5. The fraction of sp³-hybridized carbons (Fsp3) is 0.333. The Morgan fingerprint density at radius 3 is 2.68 bits per heavy atom. The zero-order chi connectivity index (χ0) is 15.5. The maximum absolute atomic E-state index is 12.0. The van der Waals surface area contributed by atoms with Gasteiger partial charge in [-0.3, -0.25) is 4.79 Å². The van der Waals surface area contributed by atoms with E-state index in [4.69, 9.17) is 4.74 Å². The van der Waals surface area contributed by atoms with Crippen molar-refractivity contribution >= 4 is 0 Å². The van der Waals surface area contributed by atoms with Gasteiger partial charge < -0.3 is 9.72 Å². The summed E-state index contributed by atoms with van der Waals surface area (Å²) in [5, 5.41) is 9.32. The molecule has 1 N–H and O–H groups in total. The molecule has 22 heavy (non-hydrogen) atoms. The van der Waals surface area contributed by atoms with E-state index in [1.807, 2.05) is 43.3 Å². The average Bonchev–Trinajstić information content (AvgIpc) is 3.00. The summed E-state index contributed by atoms with van der Waals surface area (Å²) in [7, 11) is 0. The van der Waals surface area contributed by atoms with Gasteiger partial charge in [-0.15, -0.1) is 0 Å². The number of nitrogens with one attached hydrogen (secondary N) is 1. The van der Waals surface area contributed by atoms with Crippen LogP contribution in [0.3, 0.4) is 0 Å². The number of nitriles is 1. The number of H-pyrrole nitrogens is 1. The quantitative estimate of drug-likeness (QED) is 0.941. The van der Waals surface area contributed by atoms with Crippen LogP contribution in [0.1, 0.15) is 36.9 Å². The Morgan fingerprint density at radius 1 is 1.23 bits per heavy atom. The van der Waals surface area contributed by atoms with Gasteiger partial charge in [0.1, 0.15) is 17.4 Å². The number of pyridine rings is 1. The van der Waals surface area contributed by atoms with Gasteiger partial charge in [-0.05, 0) is 44.7 Å². The van der Waals surface area contributed by atoms with Crippen LogP contribution in [0.15, 0.2) is 35.1 Å². The molecule has 1 aromatic heterocycles. The first-order chi connectivity index (χ1) is 10.7. The van der Waals surface area contributed by atoms with Gasteiger partial charge in [-0.1, -0.05) is 18.2 Å². The number of hydrogen-bond acceptors (Lipinski definition) is 3. The van der Waals surface area contributed by atoms with Crippen molar-refractivity contribution in [3.8, 4) is 22.9 Å². The summed E-state index contributed by atoms with van der Waals surface area (Å²) >= 11 is 0. The monoisotopic (exact) mass is 294 g/mol. The summed E-state index contributed by atoms with van der Waals surface area (Å²) in [5.74, 6) is 0.746. The SMILES string of the molecule is Cc1cc(-c2ccccc2OC2CCCC2)c(C#N)c(=O)[nH]1. The first-order valence-electron chi connectivity index (χ1n) is 7.59. The van der Waals surface area contributed by atoms with Gasteiger partial charge in [0.25, 0.3) is 5.56 Å². The largest absolute Gasteiger partial charge is 0.490 e. The Morgan fingerprint density at radius 2 is 1.95 bits per heavy atom.